The van der Waals surface area contributed by atoms with Gasteiger partial charge in [-0.1, -0.05) is 34.6 Å². The molecule has 0 aliphatic carbocycles. The zero-order chi connectivity index (χ0) is 18.6. The molecule has 2 rings (SSSR count). The summed E-state index contributed by atoms with van der Waals surface area (Å²) in [6.45, 7) is 12.1. The highest BCUT2D eigenvalue weighted by atomic mass is 16.4. The number of hydrogen-bond acceptors (Lipinski definition) is 4. The SMILES string of the molecule is CN=C(NCc1ncc(C(C)(C)C)o1)NC1CCN(C(=O)C(C)C)C1. The Kier molecular flexibility index (Phi) is 6.08. The maximum atomic E-state index is 12.1. The normalized spacial score (nSPS) is 18.8. The largest absolute Gasteiger partial charge is 0.443 e. The van der Waals surface area contributed by atoms with Crippen molar-refractivity contribution in [2.75, 3.05) is 20.1 Å². The van der Waals surface area contributed by atoms with Crippen molar-refractivity contribution in [3.63, 3.8) is 0 Å². The van der Waals surface area contributed by atoms with Crippen LogP contribution in [0.1, 0.15) is 52.7 Å². The molecule has 1 saturated heterocycles. The Hall–Kier alpha value is -2.05. The molecule has 2 heterocycles. The lowest BCUT2D eigenvalue weighted by atomic mass is 9.94. The molecule has 1 aromatic heterocycles. The summed E-state index contributed by atoms with van der Waals surface area (Å²) in [5.74, 6) is 2.45. The quantitative estimate of drug-likeness (QED) is 0.641. The van der Waals surface area contributed by atoms with Crippen LogP contribution in [0.5, 0.6) is 0 Å². The van der Waals surface area contributed by atoms with Gasteiger partial charge in [0.05, 0.1) is 12.7 Å². The van der Waals surface area contributed by atoms with E-state index in [1.807, 2.05) is 18.7 Å². The Labute approximate surface area is 150 Å². The van der Waals surface area contributed by atoms with Crippen molar-refractivity contribution < 1.29 is 9.21 Å². The van der Waals surface area contributed by atoms with E-state index in [4.69, 9.17) is 4.42 Å². The third-order valence-corrected chi connectivity index (χ3v) is 4.26. The summed E-state index contributed by atoms with van der Waals surface area (Å²) in [6, 6.07) is 0.212. The fourth-order valence-corrected chi connectivity index (χ4v) is 2.73. The zero-order valence-electron chi connectivity index (χ0n) is 16.2. The first-order valence-electron chi connectivity index (χ1n) is 8.92. The van der Waals surface area contributed by atoms with Gasteiger partial charge < -0.3 is 20.0 Å². The average Bonchev–Trinajstić information content (AvgIpc) is 3.19. The molecule has 25 heavy (non-hydrogen) atoms. The first-order chi connectivity index (χ1) is 11.7. The lowest BCUT2D eigenvalue weighted by Crippen LogP contribution is -2.45. The van der Waals surface area contributed by atoms with Gasteiger partial charge >= 0.3 is 0 Å². The van der Waals surface area contributed by atoms with Crippen LogP contribution in [0.15, 0.2) is 15.6 Å². The molecular weight excluding hydrogens is 318 g/mol. The molecule has 1 aromatic rings. The van der Waals surface area contributed by atoms with Crippen LogP contribution < -0.4 is 10.6 Å². The highest BCUT2D eigenvalue weighted by Crippen LogP contribution is 2.22. The van der Waals surface area contributed by atoms with E-state index in [1.165, 1.54) is 0 Å². The number of likely N-dealkylation sites (tertiary alicyclic amines) is 1. The van der Waals surface area contributed by atoms with Crippen molar-refractivity contribution in [3.05, 3.63) is 17.8 Å². The maximum absolute atomic E-state index is 12.1. The lowest BCUT2D eigenvalue weighted by molar-refractivity contribution is -0.133. The van der Waals surface area contributed by atoms with Crippen LogP contribution in [-0.4, -0.2) is 47.9 Å². The van der Waals surface area contributed by atoms with Crippen molar-refractivity contribution >= 4 is 11.9 Å². The van der Waals surface area contributed by atoms with Crippen molar-refractivity contribution in [1.82, 2.24) is 20.5 Å². The molecule has 1 fully saturated rings. The van der Waals surface area contributed by atoms with Crippen molar-refractivity contribution in [2.24, 2.45) is 10.9 Å². The smallest absolute Gasteiger partial charge is 0.225 e. The molecule has 0 saturated carbocycles. The number of guanidine groups is 1. The number of oxazole rings is 1. The highest BCUT2D eigenvalue weighted by Gasteiger charge is 2.28. The molecule has 2 N–H and O–H groups in total. The standard InChI is InChI=1S/C18H31N5O2/c1-12(2)16(24)23-8-7-13(11-23)22-17(19-6)21-10-15-20-9-14(25-15)18(3,4)5/h9,12-13H,7-8,10-11H2,1-6H3,(H2,19,21,22). The molecule has 0 bridgehead atoms. The van der Waals surface area contributed by atoms with E-state index in [-0.39, 0.29) is 23.3 Å². The van der Waals surface area contributed by atoms with E-state index in [9.17, 15) is 4.79 Å². The molecule has 140 valence electrons. The summed E-state index contributed by atoms with van der Waals surface area (Å²) in [4.78, 5) is 22.5. The van der Waals surface area contributed by atoms with Crippen LogP contribution in [0.4, 0.5) is 0 Å². The van der Waals surface area contributed by atoms with Crippen molar-refractivity contribution in [3.8, 4) is 0 Å². The number of carbonyl (C=O) groups is 1. The van der Waals surface area contributed by atoms with E-state index in [0.29, 0.717) is 24.9 Å². The molecule has 0 aromatic carbocycles. The lowest BCUT2D eigenvalue weighted by Gasteiger charge is -2.20. The van der Waals surface area contributed by atoms with Gasteiger partial charge in [0.15, 0.2) is 5.96 Å². The number of aliphatic imine (C=N–C) groups is 1. The van der Waals surface area contributed by atoms with Crippen LogP contribution in [0.3, 0.4) is 0 Å². The predicted molar refractivity (Wildman–Crippen MR) is 98.4 cm³/mol. The number of hydrogen-bond donors (Lipinski definition) is 2. The molecule has 7 nitrogen and oxygen atoms in total. The van der Waals surface area contributed by atoms with E-state index in [0.717, 1.165) is 18.7 Å². The van der Waals surface area contributed by atoms with Gasteiger partial charge in [-0.25, -0.2) is 4.98 Å². The molecule has 7 heteroatoms. The van der Waals surface area contributed by atoms with Crippen molar-refractivity contribution in [1.29, 1.82) is 0 Å². The number of rotatable bonds is 4. The summed E-state index contributed by atoms with van der Waals surface area (Å²) in [7, 11) is 1.73. The second kappa shape index (κ2) is 7.89. The second-order valence-corrected chi connectivity index (χ2v) is 7.86. The van der Waals surface area contributed by atoms with Crippen molar-refractivity contribution in [2.45, 2.75) is 59.0 Å². The predicted octanol–water partition coefficient (Wildman–Crippen LogP) is 1.89. The molecule has 1 aliphatic rings. The number of amides is 1. The Morgan fingerprint density at radius 1 is 1.48 bits per heavy atom. The zero-order valence-corrected chi connectivity index (χ0v) is 16.2. The Morgan fingerprint density at radius 2 is 2.20 bits per heavy atom. The molecular formula is C18H31N5O2. The third kappa shape index (κ3) is 5.21. The summed E-state index contributed by atoms with van der Waals surface area (Å²) in [6.07, 6.45) is 2.70. The van der Waals surface area contributed by atoms with E-state index >= 15 is 0 Å². The minimum absolute atomic E-state index is 0.0400. The highest BCUT2D eigenvalue weighted by molar-refractivity contribution is 5.81. The van der Waals surface area contributed by atoms with Gasteiger partial charge in [-0.15, -0.1) is 0 Å². The van der Waals surface area contributed by atoms with Crippen LogP contribution in [0.25, 0.3) is 0 Å². The molecule has 1 atom stereocenters. The number of carbonyl (C=O) groups excluding carboxylic acids is 1. The third-order valence-electron chi connectivity index (χ3n) is 4.26. The average molecular weight is 349 g/mol. The van der Waals surface area contributed by atoms with Gasteiger partial charge in [0.2, 0.25) is 11.8 Å². The van der Waals surface area contributed by atoms with E-state index in [1.54, 1.807) is 13.2 Å². The van der Waals surface area contributed by atoms with E-state index < -0.39 is 0 Å². The molecule has 1 amide bonds. The minimum Gasteiger partial charge on any atom is -0.443 e. The second-order valence-electron chi connectivity index (χ2n) is 7.86. The van der Waals surface area contributed by atoms with Gasteiger partial charge in [0, 0.05) is 37.5 Å². The van der Waals surface area contributed by atoms with Crippen LogP contribution in [-0.2, 0) is 16.8 Å². The summed E-state index contributed by atoms with van der Waals surface area (Å²) >= 11 is 0. The van der Waals surface area contributed by atoms with Gasteiger partial charge in [-0.2, -0.15) is 0 Å². The summed E-state index contributed by atoms with van der Waals surface area (Å²) < 4.78 is 5.78. The Balaban J connectivity index is 1.84. The minimum atomic E-state index is -0.0541. The molecule has 1 aliphatic heterocycles. The topological polar surface area (TPSA) is 82.8 Å². The van der Waals surface area contributed by atoms with Gasteiger partial charge in [0.1, 0.15) is 5.76 Å². The molecule has 1 unspecified atom stereocenters. The first-order valence-corrected chi connectivity index (χ1v) is 8.92. The van der Waals surface area contributed by atoms with Gasteiger partial charge in [0.25, 0.3) is 0 Å². The fourth-order valence-electron chi connectivity index (χ4n) is 2.73. The number of nitrogens with one attached hydrogen (secondary N) is 2. The summed E-state index contributed by atoms with van der Waals surface area (Å²) in [5, 5.41) is 6.60. The fraction of sp³-hybridized carbons (Fsp3) is 0.722. The summed E-state index contributed by atoms with van der Waals surface area (Å²) in [5.41, 5.74) is -0.0541. The van der Waals surface area contributed by atoms with Crippen LogP contribution in [0, 0.1) is 5.92 Å². The monoisotopic (exact) mass is 349 g/mol. The molecule has 0 radical (unpaired) electrons. The molecule has 0 spiro atoms. The maximum Gasteiger partial charge on any atom is 0.225 e. The Bertz CT molecular complexity index is 615. The van der Waals surface area contributed by atoms with Gasteiger partial charge in [-0.05, 0) is 6.42 Å². The first kappa shape index (κ1) is 19.3. The number of aromatic nitrogens is 1. The number of nitrogens with zero attached hydrogens (tertiary/aromatic N) is 3. The van der Waals surface area contributed by atoms with E-state index in [2.05, 4.69) is 41.4 Å². The van der Waals surface area contributed by atoms with Gasteiger partial charge in [-0.3, -0.25) is 9.79 Å². The Morgan fingerprint density at radius 3 is 2.76 bits per heavy atom. The van der Waals surface area contributed by atoms with Crippen LogP contribution in [0.2, 0.25) is 0 Å². The van der Waals surface area contributed by atoms with Crippen LogP contribution >= 0.6 is 0 Å².